The minimum atomic E-state index is -1.10. The molecule has 0 aromatic carbocycles. The van der Waals surface area contributed by atoms with Crippen LogP contribution in [-0.2, 0) is 9.53 Å². The molecule has 1 atom stereocenters. The van der Waals surface area contributed by atoms with Crippen LogP contribution >= 0.6 is 31.9 Å². The highest BCUT2D eigenvalue weighted by atomic mass is 79.9. The van der Waals surface area contributed by atoms with Crippen molar-refractivity contribution < 1.29 is 14.6 Å². The lowest BCUT2D eigenvalue weighted by Crippen LogP contribution is -2.36. The smallest absolute Gasteiger partial charge is 0.335 e. The summed E-state index contributed by atoms with van der Waals surface area (Å²) >= 11 is 6.56. The molecule has 3 nitrogen and oxygen atoms in total. The summed E-state index contributed by atoms with van der Waals surface area (Å²) < 4.78 is 5.17. The predicted molar refractivity (Wildman–Crippen MR) is 54.2 cm³/mol. The van der Waals surface area contributed by atoms with Crippen LogP contribution in [-0.4, -0.2) is 33.4 Å². The van der Waals surface area contributed by atoms with Gasteiger partial charge in [-0.3, -0.25) is 0 Å². The first-order valence-electron chi connectivity index (χ1n) is 3.47. The Labute approximate surface area is 88.7 Å². The summed E-state index contributed by atoms with van der Waals surface area (Å²) in [6.45, 7) is 3.44. The van der Waals surface area contributed by atoms with Crippen molar-refractivity contribution in [2.75, 3.05) is 11.9 Å². The van der Waals surface area contributed by atoms with Gasteiger partial charge in [0.2, 0.25) is 0 Å². The van der Waals surface area contributed by atoms with Crippen LogP contribution in [0.5, 0.6) is 0 Å². The molecule has 0 aliphatic heterocycles. The van der Waals surface area contributed by atoms with E-state index in [1.165, 1.54) is 13.8 Å². The van der Waals surface area contributed by atoms with Gasteiger partial charge in [-0.15, -0.1) is 0 Å². The third-order valence-electron chi connectivity index (χ3n) is 1.31. The minimum Gasteiger partial charge on any atom is -0.479 e. The Hall–Kier alpha value is 0.390. The summed E-state index contributed by atoms with van der Waals surface area (Å²) in [5, 5.41) is 9.41. The van der Waals surface area contributed by atoms with E-state index in [9.17, 15) is 4.79 Å². The van der Waals surface area contributed by atoms with Gasteiger partial charge in [-0.1, -0.05) is 31.9 Å². The molecular formula is C7H12Br2O3. The second kappa shape index (κ2) is 5.19. The van der Waals surface area contributed by atoms with Crippen molar-refractivity contribution in [2.45, 2.75) is 24.3 Å². The molecule has 0 aromatic rings. The number of ether oxygens (including phenoxy) is 1. The zero-order valence-electron chi connectivity index (χ0n) is 7.01. The van der Waals surface area contributed by atoms with Crippen LogP contribution in [0.25, 0.3) is 0 Å². The molecule has 0 saturated carbocycles. The highest BCUT2D eigenvalue weighted by molar-refractivity contribution is 9.12. The molecule has 0 saturated heterocycles. The Morgan fingerprint density at radius 3 is 2.50 bits per heavy atom. The second-order valence-electron chi connectivity index (χ2n) is 2.88. The molecular weight excluding hydrogens is 292 g/mol. The van der Waals surface area contributed by atoms with Crippen LogP contribution in [0.2, 0.25) is 0 Å². The number of hydrogen-bond acceptors (Lipinski definition) is 2. The van der Waals surface area contributed by atoms with E-state index in [4.69, 9.17) is 9.84 Å². The van der Waals surface area contributed by atoms with Crippen LogP contribution in [0.4, 0.5) is 0 Å². The largest absolute Gasteiger partial charge is 0.479 e. The van der Waals surface area contributed by atoms with Gasteiger partial charge in [0, 0.05) is 10.2 Å². The van der Waals surface area contributed by atoms with Crippen molar-refractivity contribution in [3.8, 4) is 0 Å². The zero-order valence-corrected chi connectivity index (χ0v) is 10.2. The summed E-state index contributed by atoms with van der Waals surface area (Å²) in [6, 6.07) is 0. The molecule has 0 fully saturated rings. The third-order valence-corrected chi connectivity index (χ3v) is 3.55. The average molecular weight is 304 g/mol. The molecule has 1 unspecified atom stereocenters. The fourth-order valence-corrected chi connectivity index (χ4v) is 0.724. The molecule has 0 aliphatic rings. The normalized spacial score (nSPS) is 14.3. The maximum Gasteiger partial charge on any atom is 0.335 e. The number of alkyl halides is 2. The lowest BCUT2D eigenvalue weighted by Gasteiger charge is -2.21. The van der Waals surface area contributed by atoms with Crippen molar-refractivity contribution in [1.29, 1.82) is 0 Å². The van der Waals surface area contributed by atoms with Gasteiger partial charge < -0.3 is 9.84 Å². The van der Waals surface area contributed by atoms with E-state index in [1.54, 1.807) is 0 Å². The van der Waals surface area contributed by atoms with Gasteiger partial charge in [-0.2, -0.15) is 0 Å². The number of halogens is 2. The molecule has 1 N–H and O–H groups in total. The fraction of sp³-hybridized carbons (Fsp3) is 0.857. The summed E-state index contributed by atoms with van der Waals surface area (Å²) in [6.07, 6.45) is 0. The lowest BCUT2D eigenvalue weighted by atomic mass is 10.1. The first kappa shape index (κ1) is 12.4. The number of aliphatic carboxylic acids is 1. The van der Waals surface area contributed by atoms with Gasteiger partial charge in [0.25, 0.3) is 0 Å². The lowest BCUT2D eigenvalue weighted by molar-refractivity contribution is -0.160. The summed E-state index contributed by atoms with van der Waals surface area (Å²) in [5.41, 5.74) is -1.10. The Morgan fingerprint density at radius 1 is 1.67 bits per heavy atom. The van der Waals surface area contributed by atoms with Gasteiger partial charge >= 0.3 is 5.97 Å². The van der Waals surface area contributed by atoms with E-state index in [0.717, 1.165) is 5.33 Å². The Balaban J connectivity index is 3.83. The SMILES string of the molecule is CC(C)(OCC(Br)CBr)C(=O)O. The average Bonchev–Trinajstić information content (AvgIpc) is 2.00. The molecule has 12 heavy (non-hydrogen) atoms. The quantitative estimate of drug-likeness (QED) is 0.791. The summed E-state index contributed by atoms with van der Waals surface area (Å²) in [7, 11) is 0. The van der Waals surface area contributed by atoms with Gasteiger partial charge in [0.1, 0.15) is 0 Å². The van der Waals surface area contributed by atoms with E-state index in [0.29, 0.717) is 6.61 Å². The molecule has 0 amide bonds. The fourth-order valence-electron chi connectivity index (χ4n) is 0.405. The molecule has 72 valence electrons. The van der Waals surface area contributed by atoms with Gasteiger partial charge in [-0.25, -0.2) is 4.79 Å². The van der Waals surface area contributed by atoms with E-state index < -0.39 is 11.6 Å². The Bertz CT molecular complexity index is 159. The molecule has 0 spiro atoms. The van der Waals surface area contributed by atoms with Crippen molar-refractivity contribution in [3.63, 3.8) is 0 Å². The Morgan fingerprint density at radius 2 is 2.17 bits per heavy atom. The maximum absolute atomic E-state index is 10.6. The highest BCUT2D eigenvalue weighted by Crippen LogP contribution is 2.13. The first-order valence-corrected chi connectivity index (χ1v) is 5.51. The second-order valence-corrected chi connectivity index (χ2v) is 4.82. The van der Waals surface area contributed by atoms with E-state index in [1.807, 2.05) is 0 Å². The van der Waals surface area contributed by atoms with Gasteiger partial charge in [-0.05, 0) is 13.8 Å². The monoisotopic (exact) mass is 302 g/mol. The first-order chi connectivity index (χ1) is 5.40. The molecule has 0 heterocycles. The van der Waals surface area contributed by atoms with Crippen LogP contribution in [0, 0.1) is 0 Å². The van der Waals surface area contributed by atoms with Crippen LogP contribution in [0.15, 0.2) is 0 Å². The molecule has 0 aliphatic carbocycles. The number of rotatable bonds is 5. The molecule has 0 rings (SSSR count). The predicted octanol–water partition coefficient (Wildman–Crippen LogP) is 2.02. The maximum atomic E-state index is 10.6. The molecule has 0 bridgehead atoms. The van der Waals surface area contributed by atoms with E-state index in [-0.39, 0.29) is 4.83 Å². The van der Waals surface area contributed by atoms with Crippen molar-refractivity contribution in [1.82, 2.24) is 0 Å². The van der Waals surface area contributed by atoms with Crippen LogP contribution < -0.4 is 0 Å². The number of carbonyl (C=O) groups is 1. The zero-order chi connectivity index (χ0) is 9.78. The number of carboxylic acids is 1. The highest BCUT2D eigenvalue weighted by Gasteiger charge is 2.28. The van der Waals surface area contributed by atoms with Gasteiger partial charge in [0.15, 0.2) is 5.60 Å². The van der Waals surface area contributed by atoms with Crippen LogP contribution in [0.1, 0.15) is 13.8 Å². The van der Waals surface area contributed by atoms with Crippen molar-refractivity contribution >= 4 is 37.8 Å². The topological polar surface area (TPSA) is 46.5 Å². The van der Waals surface area contributed by atoms with E-state index in [2.05, 4.69) is 31.9 Å². The van der Waals surface area contributed by atoms with E-state index >= 15 is 0 Å². The molecule has 5 heteroatoms. The van der Waals surface area contributed by atoms with Crippen molar-refractivity contribution in [3.05, 3.63) is 0 Å². The molecule has 0 radical (unpaired) electrons. The Kier molecular flexibility index (Phi) is 5.36. The van der Waals surface area contributed by atoms with Gasteiger partial charge in [0.05, 0.1) is 6.61 Å². The number of carboxylic acid groups (broad SMARTS) is 1. The molecule has 0 aromatic heterocycles. The summed E-state index contributed by atoms with van der Waals surface area (Å²) in [4.78, 5) is 10.7. The standard InChI is InChI=1S/C7H12Br2O3/c1-7(2,6(10)11)12-4-5(9)3-8/h5H,3-4H2,1-2H3,(H,10,11). The minimum absolute atomic E-state index is 0.149. The summed E-state index contributed by atoms with van der Waals surface area (Å²) in [5.74, 6) is -0.947. The van der Waals surface area contributed by atoms with Crippen LogP contribution in [0.3, 0.4) is 0 Å². The van der Waals surface area contributed by atoms with Crippen molar-refractivity contribution in [2.24, 2.45) is 0 Å². The number of hydrogen-bond donors (Lipinski definition) is 1. The third kappa shape index (κ3) is 4.42.